The Bertz CT molecular complexity index is 945. The number of nitrogens with zero attached hydrogens (tertiary/aromatic N) is 2. The van der Waals surface area contributed by atoms with Gasteiger partial charge in [0.1, 0.15) is 0 Å². The molecule has 12 heteroatoms. The van der Waals surface area contributed by atoms with Crippen LogP contribution in [0.3, 0.4) is 0 Å². The Morgan fingerprint density at radius 3 is 1.60 bits per heavy atom. The number of benzene rings is 2. The number of rotatable bonds is 2. The molecule has 0 aromatic heterocycles. The van der Waals surface area contributed by atoms with Crippen LogP contribution in [0.5, 0.6) is 0 Å². The van der Waals surface area contributed by atoms with E-state index in [0.717, 1.165) is 9.80 Å². The van der Waals surface area contributed by atoms with Gasteiger partial charge in [0.05, 0.1) is 39.3 Å². The lowest BCUT2D eigenvalue weighted by Crippen LogP contribution is -2.60. The lowest BCUT2D eigenvalue weighted by Gasteiger charge is -2.38. The van der Waals surface area contributed by atoms with E-state index < -0.39 is 18.2 Å². The number of nitrogens with one attached hydrogen (secondary N) is 2. The maximum absolute atomic E-state index is 12.7. The van der Waals surface area contributed by atoms with E-state index in [2.05, 4.69) is 10.6 Å². The zero-order valence-electron chi connectivity index (χ0n) is 15.0. The zero-order chi connectivity index (χ0) is 22.0. The fraction of sp³-hybridized carbons (Fsp3) is 0.167. The van der Waals surface area contributed by atoms with E-state index in [0.29, 0.717) is 21.4 Å². The number of halogens is 4. The van der Waals surface area contributed by atoms with E-state index in [4.69, 9.17) is 58.6 Å². The molecule has 0 radical (unpaired) electrons. The summed E-state index contributed by atoms with van der Waals surface area (Å²) in [7, 11) is 0. The smallest absolute Gasteiger partial charge is 0.328 e. The van der Waals surface area contributed by atoms with E-state index in [9.17, 15) is 14.7 Å². The number of anilines is 2. The SMILES string of the molecule is O=C(Nc1ccc(Cl)c(Cl)c1)N1CC(O)CN(C(=O)Nc2ccc(Cl)c(Cl)c2)C1=S. The standard InChI is InChI=1S/C18H14Cl4N4O3S/c19-12-3-1-9(5-14(12)21)23-16(28)25-7-11(27)8-26(18(25)30)17(29)24-10-2-4-13(20)15(22)6-10/h1-6,11,27H,7-8H2,(H,23,28)(H,24,29). The van der Waals surface area contributed by atoms with Crippen LogP contribution in [0, 0.1) is 0 Å². The van der Waals surface area contributed by atoms with Crippen LogP contribution >= 0.6 is 58.6 Å². The molecule has 1 fully saturated rings. The van der Waals surface area contributed by atoms with Crippen molar-refractivity contribution in [3.05, 3.63) is 56.5 Å². The van der Waals surface area contributed by atoms with Gasteiger partial charge in [-0.3, -0.25) is 9.80 Å². The average molecular weight is 508 g/mol. The highest BCUT2D eigenvalue weighted by atomic mass is 35.5. The molecule has 1 aliphatic rings. The number of carbonyl (C=O) groups is 2. The van der Waals surface area contributed by atoms with Gasteiger partial charge >= 0.3 is 12.1 Å². The number of thiocarbonyl (C=S) groups is 1. The topological polar surface area (TPSA) is 84.9 Å². The molecule has 0 atom stereocenters. The van der Waals surface area contributed by atoms with E-state index in [1.807, 2.05) is 0 Å². The highest BCUT2D eigenvalue weighted by molar-refractivity contribution is 7.80. The Labute approximate surface area is 197 Å². The van der Waals surface area contributed by atoms with Gasteiger partial charge in [0.25, 0.3) is 0 Å². The molecule has 3 rings (SSSR count). The summed E-state index contributed by atoms with van der Waals surface area (Å²) >= 11 is 29.0. The minimum atomic E-state index is -1.00. The molecule has 7 nitrogen and oxygen atoms in total. The van der Waals surface area contributed by atoms with Gasteiger partial charge in [-0.2, -0.15) is 0 Å². The largest absolute Gasteiger partial charge is 0.389 e. The van der Waals surface area contributed by atoms with Crippen LogP contribution in [0.1, 0.15) is 0 Å². The van der Waals surface area contributed by atoms with Crippen LogP contribution in [-0.4, -0.2) is 51.3 Å². The first-order valence-corrected chi connectivity index (χ1v) is 10.4. The third-order valence-corrected chi connectivity index (χ3v) is 6.00. The number of carbonyl (C=O) groups excluding carboxylic acids is 2. The molecule has 0 spiro atoms. The predicted molar refractivity (Wildman–Crippen MR) is 123 cm³/mol. The van der Waals surface area contributed by atoms with Crippen LogP contribution in [0.2, 0.25) is 20.1 Å². The van der Waals surface area contributed by atoms with Crippen molar-refractivity contribution in [2.24, 2.45) is 0 Å². The van der Waals surface area contributed by atoms with Gasteiger partial charge in [-0.15, -0.1) is 0 Å². The Hall–Kier alpha value is -1.81. The molecule has 0 bridgehead atoms. The summed E-state index contributed by atoms with van der Waals surface area (Å²) in [6.07, 6.45) is -1.00. The van der Waals surface area contributed by atoms with Crippen molar-refractivity contribution in [2.45, 2.75) is 6.10 Å². The molecule has 2 aromatic carbocycles. The molecule has 3 N–H and O–H groups in total. The summed E-state index contributed by atoms with van der Waals surface area (Å²) in [6, 6.07) is 7.85. The molecule has 2 aromatic rings. The van der Waals surface area contributed by atoms with E-state index >= 15 is 0 Å². The van der Waals surface area contributed by atoms with Crippen molar-refractivity contribution in [2.75, 3.05) is 23.7 Å². The van der Waals surface area contributed by atoms with Crippen molar-refractivity contribution in [3.63, 3.8) is 0 Å². The summed E-state index contributed by atoms with van der Waals surface area (Å²) in [4.78, 5) is 27.5. The first-order chi connectivity index (χ1) is 14.2. The number of aliphatic hydroxyl groups is 1. The molecular weight excluding hydrogens is 494 g/mol. The van der Waals surface area contributed by atoms with Crippen molar-refractivity contribution < 1.29 is 14.7 Å². The molecule has 30 heavy (non-hydrogen) atoms. The van der Waals surface area contributed by atoms with Gasteiger partial charge in [0.15, 0.2) is 5.11 Å². The monoisotopic (exact) mass is 506 g/mol. The van der Waals surface area contributed by atoms with E-state index in [1.54, 1.807) is 12.1 Å². The summed E-state index contributed by atoms with van der Waals surface area (Å²) in [6.45, 7) is -0.162. The van der Waals surface area contributed by atoms with Gasteiger partial charge in [-0.1, -0.05) is 46.4 Å². The second-order valence-electron chi connectivity index (χ2n) is 6.28. The molecule has 4 amide bonds. The highest BCUT2D eigenvalue weighted by Crippen LogP contribution is 2.27. The van der Waals surface area contributed by atoms with Crippen LogP contribution < -0.4 is 10.6 Å². The summed E-state index contributed by atoms with van der Waals surface area (Å²) in [5.41, 5.74) is 0.758. The average Bonchev–Trinajstić information content (AvgIpc) is 2.69. The van der Waals surface area contributed by atoms with Gasteiger partial charge < -0.3 is 15.7 Å². The predicted octanol–water partition coefficient (Wildman–Crippen LogP) is 5.33. The summed E-state index contributed by atoms with van der Waals surface area (Å²) < 4.78 is 0. The van der Waals surface area contributed by atoms with Crippen LogP contribution in [0.4, 0.5) is 21.0 Å². The summed E-state index contributed by atoms with van der Waals surface area (Å²) in [5.74, 6) is 0. The molecule has 158 valence electrons. The van der Waals surface area contributed by atoms with Crippen molar-refractivity contribution in [1.82, 2.24) is 9.80 Å². The van der Waals surface area contributed by atoms with Crippen molar-refractivity contribution in [1.29, 1.82) is 0 Å². The molecule has 0 unspecified atom stereocenters. The number of hydrogen-bond donors (Lipinski definition) is 3. The lowest BCUT2D eigenvalue weighted by atomic mass is 10.2. The van der Waals surface area contributed by atoms with Gasteiger partial charge in [-0.25, -0.2) is 9.59 Å². The summed E-state index contributed by atoms with van der Waals surface area (Å²) in [5, 5.41) is 16.5. The van der Waals surface area contributed by atoms with Gasteiger partial charge in [0, 0.05) is 11.4 Å². The third kappa shape index (κ3) is 5.26. The Morgan fingerprint density at radius 1 is 0.833 bits per heavy atom. The number of aliphatic hydroxyl groups excluding tert-OH is 1. The maximum atomic E-state index is 12.7. The first-order valence-electron chi connectivity index (χ1n) is 8.45. The molecule has 0 aliphatic carbocycles. The molecular formula is C18H14Cl4N4O3S. The maximum Gasteiger partial charge on any atom is 0.328 e. The first kappa shape index (κ1) is 22.9. The second-order valence-corrected chi connectivity index (χ2v) is 8.27. The van der Waals surface area contributed by atoms with Crippen molar-refractivity contribution >= 4 is 87.2 Å². The van der Waals surface area contributed by atoms with E-state index in [1.165, 1.54) is 24.3 Å². The Balaban J connectivity index is 1.73. The van der Waals surface area contributed by atoms with E-state index in [-0.39, 0.29) is 28.2 Å². The Morgan fingerprint density at radius 2 is 1.23 bits per heavy atom. The molecule has 1 aliphatic heterocycles. The normalized spacial score (nSPS) is 14.6. The van der Waals surface area contributed by atoms with Gasteiger partial charge in [0.2, 0.25) is 0 Å². The molecule has 1 heterocycles. The number of amides is 4. The Kier molecular flexibility index (Phi) is 7.28. The minimum absolute atomic E-state index is 0.0737. The minimum Gasteiger partial charge on any atom is -0.389 e. The quantitative estimate of drug-likeness (QED) is 0.480. The highest BCUT2D eigenvalue weighted by Gasteiger charge is 2.35. The van der Waals surface area contributed by atoms with Crippen LogP contribution in [0.25, 0.3) is 0 Å². The number of hydrogen-bond acceptors (Lipinski definition) is 4. The van der Waals surface area contributed by atoms with Gasteiger partial charge in [-0.05, 0) is 48.6 Å². The lowest BCUT2D eigenvalue weighted by molar-refractivity contribution is 0.103. The molecule has 1 saturated heterocycles. The van der Waals surface area contributed by atoms with Crippen molar-refractivity contribution in [3.8, 4) is 0 Å². The fourth-order valence-corrected chi connectivity index (χ4v) is 3.56. The van der Waals surface area contributed by atoms with Crippen LogP contribution in [0.15, 0.2) is 36.4 Å². The zero-order valence-corrected chi connectivity index (χ0v) is 18.9. The van der Waals surface area contributed by atoms with Crippen LogP contribution in [-0.2, 0) is 0 Å². The molecule has 0 saturated carbocycles. The third-order valence-electron chi connectivity index (χ3n) is 4.08. The number of β-amino-alcohol motifs (C(OH)–C–C–N with tert-alkyl or cyclic N) is 1. The number of urea groups is 2. The second kappa shape index (κ2) is 9.55. The fourth-order valence-electron chi connectivity index (χ4n) is 2.65.